The summed E-state index contributed by atoms with van der Waals surface area (Å²) in [5.41, 5.74) is 5.18. The van der Waals surface area contributed by atoms with E-state index < -0.39 is 78.6 Å². The molecule has 0 aromatic carbocycles. The van der Waals surface area contributed by atoms with E-state index in [4.69, 9.17) is 20.7 Å². The highest BCUT2D eigenvalue weighted by Gasteiger charge is 2.38. The van der Waals surface area contributed by atoms with E-state index in [1.54, 1.807) is 6.92 Å². The van der Waals surface area contributed by atoms with Gasteiger partial charge < -0.3 is 51.2 Å². The monoisotopic (exact) mass is 534 g/mol. The zero-order valence-corrected chi connectivity index (χ0v) is 21.3. The zero-order valence-electron chi connectivity index (χ0n) is 21.3. The van der Waals surface area contributed by atoms with Crippen LogP contribution in [-0.4, -0.2) is 118 Å². The van der Waals surface area contributed by atoms with E-state index in [0.29, 0.717) is 6.29 Å². The largest absolute Gasteiger partial charge is 0.481 e. The van der Waals surface area contributed by atoms with Crippen molar-refractivity contribution in [1.82, 2.24) is 15.5 Å². The lowest BCUT2D eigenvalue weighted by Gasteiger charge is -2.35. The molecule has 0 spiro atoms. The summed E-state index contributed by atoms with van der Waals surface area (Å²) >= 11 is 0. The van der Waals surface area contributed by atoms with E-state index in [2.05, 4.69) is 10.6 Å². The van der Waals surface area contributed by atoms with Gasteiger partial charge in [0.1, 0.15) is 42.8 Å². The molecule has 4 amide bonds. The van der Waals surface area contributed by atoms with Gasteiger partial charge in [-0.15, -0.1) is 0 Å². The molecule has 0 aliphatic rings. The first-order chi connectivity index (χ1) is 17.2. The number of rotatable bonds is 18. The number of primary amides is 1. The molecule has 37 heavy (non-hydrogen) atoms. The Morgan fingerprint density at radius 2 is 1.73 bits per heavy atom. The van der Waals surface area contributed by atoms with E-state index in [1.165, 1.54) is 14.0 Å². The Labute approximate surface area is 214 Å². The molecule has 0 aliphatic carbocycles. The van der Waals surface area contributed by atoms with E-state index in [0.717, 1.165) is 11.8 Å². The smallest absolute Gasteiger partial charge is 0.303 e. The summed E-state index contributed by atoms with van der Waals surface area (Å²) in [5, 5.41) is 43.0. The number of ether oxygens (including phenoxy) is 1. The van der Waals surface area contributed by atoms with E-state index in [9.17, 15) is 39.0 Å². The van der Waals surface area contributed by atoms with Crippen molar-refractivity contribution >= 4 is 35.9 Å². The van der Waals surface area contributed by atoms with Crippen LogP contribution in [0.1, 0.15) is 40.0 Å². The third kappa shape index (κ3) is 12.1. The standard InChI is InChI=1S/C22H38N4O11/c1-11(7-17(31)25-14(21(23)35)5-6-18(32)33)8-24-22(36)12(2)37-20(19(34)16(30)10-28)15(9-27)26(4)13(3)29/h9,11-12,14-16,19-20,28,30,34H,5-8,10H2,1-4H3,(H2,23,35)(H,24,36)(H,25,31)(H,32,33)/t11?,12?,14?,15-,16+,19+,20+/m0/s1. The molecule has 0 aromatic rings. The van der Waals surface area contributed by atoms with Crippen LogP contribution >= 0.6 is 0 Å². The number of carbonyl (C=O) groups excluding carboxylic acids is 5. The van der Waals surface area contributed by atoms with Gasteiger partial charge in [-0.25, -0.2) is 0 Å². The highest BCUT2D eigenvalue weighted by atomic mass is 16.5. The molecule has 8 N–H and O–H groups in total. The lowest BCUT2D eigenvalue weighted by Crippen LogP contribution is -2.56. The molecule has 15 nitrogen and oxygen atoms in total. The second kappa shape index (κ2) is 16.6. The lowest BCUT2D eigenvalue weighted by molar-refractivity contribution is -0.166. The summed E-state index contributed by atoms with van der Waals surface area (Å²) in [6.45, 7) is 3.19. The van der Waals surface area contributed by atoms with Crippen molar-refractivity contribution in [2.45, 2.75) is 76.5 Å². The van der Waals surface area contributed by atoms with E-state index in [-0.39, 0.29) is 25.8 Å². The van der Waals surface area contributed by atoms with Gasteiger partial charge in [-0.05, 0) is 19.3 Å². The summed E-state index contributed by atoms with van der Waals surface area (Å²) in [6, 6.07) is -2.54. The Bertz CT molecular complexity index is 809. The minimum absolute atomic E-state index is 0.0206. The number of nitrogens with two attached hydrogens (primary N) is 1. The number of aldehydes is 1. The molecule has 0 aromatic heterocycles. The van der Waals surface area contributed by atoms with Gasteiger partial charge in [0.05, 0.1) is 6.61 Å². The van der Waals surface area contributed by atoms with Crippen molar-refractivity contribution in [3.8, 4) is 0 Å². The number of nitrogens with zero attached hydrogens (tertiary/aromatic N) is 1. The number of carbonyl (C=O) groups is 6. The van der Waals surface area contributed by atoms with Crippen molar-refractivity contribution in [3.05, 3.63) is 0 Å². The molecule has 0 saturated heterocycles. The Morgan fingerprint density at radius 3 is 2.19 bits per heavy atom. The predicted molar refractivity (Wildman–Crippen MR) is 127 cm³/mol. The molecule has 0 radical (unpaired) electrons. The SMILES string of the molecule is CC(=O)N(C)[C@@H](C=O)[C@@H](OC(C)C(=O)NCC(C)CC(=O)NC(CCC(=O)O)C(N)=O)[C@H](O)[C@H](O)CO. The third-order valence-electron chi connectivity index (χ3n) is 5.55. The fourth-order valence-electron chi connectivity index (χ4n) is 3.20. The molecule has 15 heteroatoms. The maximum atomic E-state index is 12.5. The minimum Gasteiger partial charge on any atom is -0.481 e. The average molecular weight is 535 g/mol. The quantitative estimate of drug-likeness (QED) is 0.0850. The van der Waals surface area contributed by atoms with Gasteiger partial charge in [-0.3, -0.25) is 24.0 Å². The zero-order chi connectivity index (χ0) is 28.9. The maximum absolute atomic E-state index is 12.5. The number of aliphatic carboxylic acids is 1. The van der Waals surface area contributed by atoms with Crippen molar-refractivity contribution in [3.63, 3.8) is 0 Å². The molecule has 0 saturated carbocycles. The van der Waals surface area contributed by atoms with Crippen molar-refractivity contribution in [2.24, 2.45) is 11.7 Å². The second-order valence-corrected chi connectivity index (χ2v) is 8.75. The van der Waals surface area contributed by atoms with Gasteiger partial charge in [0.25, 0.3) is 0 Å². The fraction of sp³-hybridized carbons (Fsp3) is 0.727. The van der Waals surface area contributed by atoms with Crippen LogP contribution in [0.2, 0.25) is 0 Å². The molecule has 212 valence electrons. The van der Waals surface area contributed by atoms with Gasteiger partial charge >= 0.3 is 5.97 Å². The first kappa shape index (κ1) is 33.9. The van der Waals surface area contributed by atoms with Crippen LogP contribution in [0, 0.1) is 5.92 Å². The number of aliphatic hydroxyl groups excluding tert-OH is 3. The molecule has 0 bridgehead atoms. The van der Waals surface area contributed by atoms with Crippen LogP contribution in [0.5, 0.6) is 0 Å². The van der Waals surface area contributed by atoms with Crippen molar-refractivity contribution in [1.29, 1.82) is 0 Å². The maximum Gasteiger partial charge on any atom is 0.303 e. The van der Waals surface area contributed by atoms with Crippen LogP contribution in [-0.2, 0) is 33.5 Å². The summed E-state index contributed by atoms with van der Waals surface area (Å²) in [7, 11) is 1.26. The summed E-state index contributed by atoms with van der Waals surface area (Å²) in [5.74, 6) is -4.30. The number of hydrogen-bond acceptors (Lipinski definition) is 10. The number of amides is 4. The van der Waals surface area contributed by atoms with Crippen molar-refractivity contribution < 1.29 is 53.9 Å². The minimum atomic E-state index is -1.82. The van der Waals surface area contributed by atoms with Crippen LogP contribution in [0.25, 0.3) is 0 Å². The average Bonchev–Trinajstić information content (AvgIpc) is 2.82. The normalized spacial score (nSPS) is 16.7. The predicted octanol–water partition coefficient (Wildman–Crippen LogP) is -3.50. The van der Waals surface area contributed by atoms with E-state index >= 15 is 0 Å². The summed E-state index contributed by atoms with van der Waals surface area (Å²) in [4.78, 5) is 71.2. The first-order valence-corrected chi connectivity index (χ1v) is 11.5. The molecular formula is C22H38N4O11. The van der Waals surface area contributed by atoms with Crippen LogP contribution < -0.4 is 16.4 Å². The Kier molecular flexibility index (Phi) is 15.2. The third-order valence-corrected chi connectivity index (χ3v) is 5.55. The number of carboxylic acids is 1. The number of aliphatic hydroxyl groups is 3. The first-order valence-electron chi connectivity index (χ1n) is 11.5. The number of hydrogen-bond donors (Lipinski definition) is 7. The molecule has 0 fully saturated rings. The van der Waals surface area contributed by atoms with Gasteiger partial charge in [0, 0.05) is 33.4 Å². The lowest BCUT2D eigenvalue weighted by atomic mass is 10.0. The van der Waals surface area contributed by atoms with E-state index in [1.807, 2.05) is 0 Å². The molecule has 0 heterocycles. The van der Waals surface area contributed by atoms with Crippen molar-refractivity contribution in [2.75, 3.05) is 20.2 Å². The molecular weight excluding hydrogens is 496 g/mol. The van der Waals surface area contributed by atoms with Gasteiger partial charge in [0.2, 0.25) is 23.6 Å². The Hall–Kier alpha value is -3.14. The summed E-state index contributed by atoms with van der Waals surface area (Å²) in [6.07, 6.45) is -6.75. The van der Waals surface area contributed by atoms with Crippen LogP contribution in [0.15, 0.2) is 0 Å². The number of carboxylic acid groups (broad SMARTS) is 1. The van der Waals surface area contributed by atoms with Gasteiger partial charge in [-0.2, -0.15) is 0 Å². The molecule has 7 atom stereocenters. The second-order valence-electron chi connectivity index (χ2n) is 8.75. The fourth-order valence-corrected chi connectivity index (χ4v) is 3.20. The highest BCUT2D eigenvalue weighted by Crippen LogP contribution is 2.16. The van der Waals surface area contributed by atoms with Crippen LogP contribution in [0.4, 0.5) is 0 Å². The Morgan fingerprint density at radius 1 is 1.14 bits per heavy atom. The number of nitrogens with one attached hydrogen (secondary N) is 2. The molecule has 3 unspecified atom stereocenters. The molecule has 0 aliphatic heterocycles. The molecule has 0 rings (SSSR count). The van der Waals surface area contributed by atoms with Gasteiger partial charge in [0.15, 0.2) is 0 Å². The van der Waals surface area contributed by atoms with Gasteiger partial charge in [-0.1, -0.05) is 6.92 Å². The number of likely N-dealkylation sites (N-methyl/N-ethyl adjacent to an activating group) is 1. The Balaban J connectivity index is 5.11. The highest BCUT2D eigenvalue weighted by molar-refractivity contribution is 5.87. The summed E-state index contributed by atoms with van der Waals surface area (Å²) < 4.78 is 5.52. The topological polar surface area (TPSA) is 246 Å². The van der Waals surface area contributed by atoms with Crippen LogP contribution in [0.3, 0.4) is 0 Å².